The average molecular weight is 300 g/mol. The number of para-hydroxylation sites is 2. The first-order chi connectivity index (χ1) is 9.19. The molecule has 1 fully saturated rings. The molecule has 0 aliphatic carbocycles. The molecule has 0 unspecified atom stereocenters. The molecular formula is C14H22ClN3O2. The van der Waals surface area contributed by atoms with Crippen LogP contribution in [0.1, 0.15) is 12.8 Å². The highest BCUT2D eigenvalue weighted by atomic mass is 35.5. The number of nitrogens with one attached hydrogen (secondary N) is 1. The third kappa shape index (κ3) is 4.67. The van der Waals surface area contributed by atoms with E-state index < -0.39 is 0 Å². The van der Waals surface area contributed by atoms with E-state index in [-0.39, 0.29) is 24.4 Å². The Morgan fingerprint density at radius 1 is 1.50 bits per heavy atom. The zero-order valence-electron chi connectivity index (χ0n) is 11.7. The number of methoxy groups -OCH3 is 1. The van der Waals surface area contributed by atoms with Gasteiger partial charge in [-0.15, -0.1) is 12.4 Å². The highest BCUT2D eigenvalue weighted by Crippen LogP contribution is 2.22. The van der Waals surface area contributed by atoms with Gasteiger partial charge in [0.2, 0.25) is 5.91 Å². The van der Waals surface area contributed by atoms with Gasteiger partial charge in [0.15, 0.2) is 0 Å². The van der Waals surface area contributed by atoms with Crippen molar-refractivity contribution >= 4 is 24.0 Å². The second kappa shape index (κ2) is 8.09. The van der Waals surface area contributed by atoms with Crippen LogP contribution < -0.4 is 15.8 Å². The van der Waals surface area contributed by atoms with E-state index in [1.807, 2.05) is 24.3 Å². The predicted molar refractivity (Wildman–Crippen MR) is 82.5 cm³/mol. The van der Waals surface area contributed by atoms with Crippen molar-refractivity contribution in [2.45, 2.75) is 18.9 Å². The maximum Gasteiger partial charge on any atom is 0.238 e. The first-order valence-electron chi connectivity index (χ1n) is 6.60. The molecule has 1 saturated heterocycles. The number of piperidine rings is 1. The van der Waals surface area contributed by atoms with Gasteiger partial charge in [-0.2, -0.15) is 0 Å². The Hall–Kier alpha value is -1.30. The van der Waals surface area contributed by atoms with Gasteiger partial charge < -0.3 is 15.8 Å². The standard InChI is InChI=1S/C14H21N3O2.ClH/c1-19-13-7-3-2-6-12(13)16-14(18)10-17-8-4-5-11(15)9-17;/h2-3,6-7,11H,4-5,8-10,15H2,1H3,(H,16,18);1H/t11-;/m1./s1. The lowest BCUT2D eigenvalue weighted by Crippen LogP contribution is -2.45. The maximum atomic E-state index is 12.0. The van der Waals surface area contributed by atoms with Crippen LogP contribution in [0.15, 0.2) is 24.3 Å². The zero-order chi connectivity index (χ0) is 13.7. The van der Waals surface area contributed by atoms with Gasteiger partial charge in [0.25, 0.3) is 0 Å². The average Bonchev–Trinajstić information content (AvgIpc) is 2.39. The fraction of sp³-hybridized carbons (Fsp3) is 0.500. The molecule has 2 rings (SSSR count). The van der Waals surface area contributed by atoms with Gasteiger partial charge in [0.1, 0.15) is 5.75 Å². The van der Waals surface area contributed by atoms with Crippen molar-refractivity contribution in [2.75, 3.05) is 32.1 Å². The molecule has 112 valence electrons. The Kier molecular flexibility index (Phi) is 6.78. The largest absolute Gasteiger partial charge is 0.495 e. The van der Waals surface area contributed by atoms with E-state index in [0.717, 1.165) is 25.9 Å². The summed E-state index contributed by atoms with van der Waals surface area (Å²) in [5, 5.41) is 2.88. The summed E-state index contributed by atoms with van der Waals surface area (Å²) in [4.78, 5) is 14.1. The van der Waals surface area contributed by atoms with Crippen molar-refractivity contribution in [3.05, 3.63) is 24.3 Å². The minimum atomic E-state index is -0.0291. The summed E-state index contributed by atoms with van der Waals surface area (Å²) in [6.45, 7) is 2.11. The Morgan fingerprint density at radius 2 is 2.25 bits per heavy atom. The van der Waals surface area contributed by atoms with Gasteiger partial charge in [0.05, 0.1) is 19.3 Å². The molecule has 6 heteroatoms. The van der Waals surface area contributed by atoms with Crippen LogP contribution in [0.3, 0.4) is 0 Å². The van der Waals surface area contributed by atoms with Crippen LogP contribution in [-0.2, 0) is 4.79 Å². The number of halogens is 1. The maximum absolute atomic E-state index is 12.0. The predicted octanol–water partition coefficient (Wildman–Crippen LogP) is 1.48. The van der Waals surface area contributed by atoms with Crippen LogP contribution in [0.25, 0.3) is 0 Å². The van der Waals surface area contributed by atoms with Gasteiger partial charge in [-0.05, 0) is 31.5 Å². The first-order valence-corrected chi connectivity index (χ1v) is 6.60. The molecule has 0 saturated carbocycles. The molecule has 1 aliphatic rings. The Labute approximate surface area is 125 Å². The summed E-state index contributed by atoms with van der Waals surface area (Å²) in [7, 11) is 1.59. The molecule has 20 heavy (non-hydrogen) atoms. The smallest absolute Gasteiger partial charge is 0.238 e. The molecule has 1 aliphatic heterocycles. The van der Waals surface area contributed by atoms with Gasteiger partial charge in [-0.3, -0.25) is 9.69 Å². The Balaban J connectivity index is 0.00000200. The lowest BCUT2D eigenvalue weighted by Gasteiger charge is -2.30. The SMILES string of the molecule is COc1ccccc1NC(=O)CN1CCC[C@@H](N)C1.Cl. The van der Waals surface area contributed by atoms with Gasteiger partial charge in [-0.25, -0.2) is 0 Å². The first kappa shape index (κ1) is 16.8. The number of carbonyl (C=O) groups is 1. The van der Waals surface area contributed by atoms with Crippen LogP contribution in [0.4, 0.5) is 5.69 Å². The molecule has 1 heterocycles. The van der Waals surface area contributed by atoms with Crippen molar-refractivity contribution in [1.29, 1.82) is 0 Å². The van der Waals surface area contributed by atoms with E-state index in [1.165, 1.54) is 0 Å². The Morgan fingerprint density at radius 3 is 2.95 bits per heavy atom. The second-order valence-corrected chi connectivity index (χ2v) is 4.89. The van der Waals surface area contributed by atoms with Crippen LogP contribution in [0.2, 0.25) is 0 Å². The van der Waals surface area contributed by atoms with E-state index >= 15 is 0 Å². The molecule has 1 aromatic carbocycles. The summed E-state index contributed by atoms with van der Waals surface area (Å²) < 4.78 is 5.20. The molecule has 0 bridgehead atoms. The number of nitrogens with zero attached hydrogens (tertiary/aromatic N) is 1. The highest BCUT2D eigenvalue weighted by molar-refractivity contribution is 5.93. The fourth-order valence-corrected chi connectivity index (χ4v) is 2.38. The number of likely N-dealkylation sites (tertiary alicyclic amines) is 1. The topological polar surface area (TPSA) is 67.6 Å². The third-order valence-electron chi connectivity index (χ3n) is 3.29. The van der Waals surface area contributed by atoms with Crippen LogP contribution >= 0.6 is 12.4 Å². The number of amides is 1. The van der Waals surface area contributed by atoms with E-state index in [9.17, 15) is 4.79 Å². The number of benzene rings is 1. The summed E-state index contributed by atoms with van der Waals surface area (Å²) in [6, 6.07) is 7.59. The number of ether oxygens (including phenoxy) is 1. The lowest BCUT2D eigenvalue weighted by molar-refractivity contribution is -0.117. The monoisotopic (exact) mass is 299 g/mol. The Bertz CT molecular complexity index is 442. The quantitative estimate of drug-likeness (QED) is 0.884. The van der Waals surface area contributed by atoms with Gasteiger partial charge in [0, 0.05) is 12.6 Å². The number of hydrogen-bond donors (Lipinski definition) is 2. The van der Waals surface area contributed by atoms with E-state index in [0.29, 0.717) is 18.0 Å². The molecule has 1 atom stereocenters. The molecule has 0 spiro atoms. The summed E-state index contributed by atoms with van der Waals surface area (Å²) >= 11 is 0. The van der Waals surface area contributed by atoms with E-state index in [1.54, 1.807) is 7.11 Å². The second-order valence-electron chi connectivity index (χ2n) is 4.89. The highest BCUT2D eigenvalue weighted by Gasteiger charge is 2.19. The minimum Gasteiger partial charge on any atom is -0.495 e. The molecule has 0 radical (unpaired) electrons. The van der Waals surface area contributed by atoms with Crippen molar-refractivity contribution in [2.24, 2.45) is 5.73 Å². The minimum absolute atomic E-state index is 0. The molecular weight excluding hydrogens is 278 g/mol. The van der Waals surface area contributed by atoms with Crippen molar-refractivity contribution in [3.8, 4) is 5.75 Å². The molecule has 3 N–H and O–H groups in total. The molecule has 5 nitrogen and oxygen atoms in total. The van der Waals surface area contributed by atoms with Crippen molar-refractivity contribution < 1.29 is 9.53 Å². The normalized spacial score (nSPS) is 19.0. The third-order valence-corrected chi connectivity index (χ3v) is 3.29. The fourth-order valence-electron chi connectivity index (χ4n) is 2.38. The van der Waals surface area contributed by atoms with Crippen LogP contribution in [0, 0.1) is 0 Å². The number of anilines is 1. The zero-order valence-corrected chi connectivity index (χ0v) is 12.5. The van der Waals surface area contributed by atoms with E-state index in [2.05, 4.69) is 10.2 Å². The lowest BCUT2D eigenvalue weighted by atomic mass is 10.1. The van der Waals surface area contributed by atoms with Crippen LogP contribution in [0.5, 0.6) is 5.75 Å². The number of nitrogens with two attached hydrogens (primary N) is 1. The summed E-state index contributed by atoms with van der Waals surface area (Å²) in [5.41, 5.74) is 6.61. The molecule has 1 amide bonds. The summed E-state index contributed by atoms with van der Waals surface area (Å²) in [6.07, 6.45) is 2.10. The number of hydrogen-bond acceptors (Lipinski definition) is 4. The summed E-state index contributed by atoms with van der Waals surface area (Å²) in [5.74, 6) is 0.643. The molecule has 1 aromatic rings. The van der Waals surface area contributed by atoms with Crippen molar-refractivity contribution in [1.82, 2.24) is 4.90 Å². The number of rotatable bonds is 4. The van der Waals surface area contributed by atoms with Gasteiger partial charge >= 0.3 is 0 Å². The van der Waals surface area contributed by atoms with Gasteiger partial charge in [-0.1, -0.05) is 12.1 Å². The number of carbonyl (C=O) groups excluding carboxylic acids is 1. The van der Waals surface area contributed by atoms with E-state index in [4.69, 9.17) is 10.5 Å². The molecule has 0 aromatic heterocycles. The van der Waals surface area contributed by atoms with Crippen molar-refractivity contribution in [3.63, 3.8) is 0 Å². The van der Waals surface area contributed by atoms with Crippen LogP contribution in [-0.4, -0.2) is 43.6 Å².